The molecule has 0 atom stereocenters. The van der Waals surface area contributed by atoms with E-state index in [1.807, 2.05) is 48.5 Å². The SMILES string of the molecule is CCCCOc1ccc(NC(=O)N2C=C(C(=O)OCC)c3[nH]c4ccccc4c3CC2)cc1. The number of unbranched alkanes of at least 4 members (excludes halogenated alkanes) is 1. The molecule has 172 valence electrons. The molecule has 1 aliphatic rings. The number of carbonyl (C=O) groups excluding carboxylic acids is 2. The van der Waals surface area contributed by atoms with Crippen LogP contribution >= 0.6 is 0 Å². The fourth-order valence-electron chi connectivity index (χ4n) is 3.89. The molecule has 2 N–H and O–H groups in total. The first-order chi connectivity index (χ1) is 16.1. The smallest absolute Gasteiger partial charge is 0.341 e. The molecule has 7 heteroatoms. The highest BCUT2D eigenvalue weighted by molar-refractivity contribution is 6.18. The number of para-hydroxylation sites is 1. The first kappa shape index (κ1) is 22.5. The molecule has 0 bridgehead atoms. The minimum absolute atomic E-state index is 0.255. The summed E-state index contributed by atoms with van der Waals surface area (Å²) in [5.41, 5.74) is 3.67. The van der Waals surface area contributed by atoms with Crippen molar-refractivity contribution in [1.29, 1.82) is 0 Å². The summed E-state index contributed by atoms with van der Waals surface area (Å²) in [5.74, 6) is 0.310. The molecule has 0 saturated carbocycles. The number of aromatic nitrogens is 1. The minimum Gasteiger partial charge on any atom is -0.494 e. The predicted molar refractivity (Wildman–Crippen MR) is 129 cm³/mol. The highest BCUT2D eigenvalue weighted by atomic mass is 16.5. The number of amides is 2. The van der Waals surface area contributed by atoms with Crippen molar-refractivity contribution >= 4 is 34.2 Å². The summed E-state index contributed by atoms with van der Waals surface area (Å²) < 4.78 is 11.0. The Morgan fingerprint density at radius 2 is 1.88 bits per heavy atom. The Labute approximate surface area is 193 Å². The number of ether oxygens (including phenoxy) is 2. The number of aromatic amines is 1. The van der Waals surface area contributed by atoms with Gasteiger partial charge in [0.05, 0.1) is 24.5 Å². The molecule has 0 spiro atoms. The van der Waals surface area contributed by atoms with E-state index in [2.05, 4.69) is 17.2 Å². The van der Waals surface area contributed by atoms with Crippen molar-refractivity contribution in [3.63, 3.8) is 0 Å². The third kappa shape index (κ3) is 5.03. The minimum atomic E-state index is -0.460. The van der Waals surface area contributed by atoms with Crippen LogP contribution in [0.25, 0.3) is 16.5 Å². The molecule has 33 heavy (non-hydrogen) atoms. The average molecular weight is 448 g/mol. The monoisotopic (exact) mass is 447 g/mol. The van der Waals surface area contributed by atoms with Crippen LogP contribution in [-0.2, 0) is 16.0 Å². The van der Waals surface area contributed by atoms with E-state index < -0.39 is 5.97 Å². The summed E-state index contributed by atoms with van der Waals surface area (Å²) in [4.78, 5) is 30.7. The lowest BCUT2D eigenvalue weighted by Crippen LogP contribution is -2.32. The van der Waals surface area contributed by atoms with Gasteiger partial charge < -0.3 is 19.8 Å². The van der Waals surface area contributed by atoms with Gasteiger partial charge in [-0.15, -0.1) is 0 Å². The topological polar surface area (TPSA) is 83.7 Å². The van der Waals surface area contributed by atoms with Crippen LogP contribution in [0.4, 0.5) is 10.5 Å². The largest absolute Gasteiger partial charge is 0.494 e. The van der Waals surface area contributed by atoms with Crippen LogP contribution in [0.1, 0.15) is 37.9 Å². The summed E-state index contributed by atoms with van der Waals surface area (Å²) in [7, 11) is 0. The zero-order valence-electron chi connectivity index (χ0n) is 19.0. The molecule has 1 aliphatic heterocycles. The van der Waals surface area contributed by atoms with Gasteiger partial charge in [-0.1, -0.05) is 31.5 Å². The lowest BCUT2D eigenvalue weighted by Gasteiger charge is -2.18. The molecule has 0 unspecified atom stereocenters. The summed E-state index contributed by atoms with van der Waals surface area (Å²) in [6.45, 7) is 5.24. The summed E-state index contributed by atoms with van der Waals surface area (Å²) in [6.07, 6.45) is 4.26. The lowest BCUT2D eigenvalue weighted by atomic mass is 10.0. The van der Waals surface area contributed by atoms with E-state index in [0.717, 1.165) is 35.1 Å². The second kappa shape index (κ2) is 10.3. The number of nitrogens with zero attached hydrogens (tertiary/aromatic N) is 1. The Bertz CT molecular complexity index is 1160. The van der Waals surface area contributed by atoms with E-state index >= 15 is 0 Å². The fourth-order valence-corrected chi connectivity index (χ4v) is 3.89. The number of carbonyl (C=O) groups is 2. The van der Waals surface area contributed by atoms with Gasteiger partial charge >= 0.3 is 12.0 Å². The number of rotatable bonds is 7. The van der Waals surface area contributed by atoms with E-state index in [0.29, 0.717) is 36.5 Å². The third-order valence-corrected chi connectivity index (χ3v) is 5.60. The molecular weight excluding hydrogens is 418 g/mol. The quantitative estimate of drug-likeness (QED) is 0.378. The number of urea groups is 1. The van der Waals surface area contributed by atoms with Crippen molar-refractivity contribution in [2.45, 2.75) is 33.1 Å². The summed E-state index contributed by atoms with van der Waals surface area (Å²) >= 11 is 0. The van der Waals surface area contributed by atoms with Crippen molar-refractivity contribution in [2.24, 2.45) is 0 Å². The van der Waals surface area contributed by atoms with Crippen LogP contribution in [0.15, 0.2) is 54.7 Å². The molecule has 7 nitrogen and oxygen atoms in total. The van der Waals surface area contributed by atoms with Crippen LogP contribution in [-0.4, -0.2) is 41.6 Å². The Morgan fingerprint density at radius 3 is 2.64 bits per heavy atom. The first-order valence-electron chi connectivity index (χ1n) is 11.4. The second-order valence-corrected chi connectivity index (χ2v) is 7.89. The van der Waals surface area contributed by atoms with Crippen LogP contribution in [0.3, 0.4) is 0 Å². The maximum Gasteiger partial charge on any atom is 0.341 e. The molecule has 0 aliphatic carbocycles. The molecule has 0 radical (unpaired) electrons. The Hall–Kier alpha value is -3.74. The summed E-state index contributed by atoms with van der Waals surface area (Å²) in [6, 6.07) is 14.9. The summed E-state index contributed by atoms with van der Waals surface area (Å²) in [5, 5.41) is 3.95. The molecule has 4 rings (SSSR count). The highest BCUT2D eigenvalue weighted by Crippen LogP contribution is 2.31. The Morgan fingerprint density at radius 1 is 1.09 bits per heavy atom. The highest BCUT2D eigenvalue weighted by Gasteiger charge is 2.27. The number of H-pyrrole nitrogens is 1. The van der Waals surface area contributed by atoms with E-state index in [1.54, 1.807) is 13.1 Å². The van der Waals surface area contributed by atoms with Crippen molar-refractivity contribution in [3.8, 4) is 5.75 Å². The van der Waals surface area contributed by atoms with Gasteiger partial charge in [-0.25, -0.2) is 9.59 Å². The number of benzene rings is 2. The number of hydrogen-bond donors (Lipinski definition) is 2. The first-order valence-corrected chi connectivity index (χ1v) is 11.4. The van der Waals surface area contributed by atoms with Crippen LogP contribution in [0.2, 0.25) is 0 Å². The maximum atomic E-state index is 13.1. The molecule has 2 heterocycles. The van der Waals surface area contributed by atoms with Gasteiger partial charge in [0.2, 0.25) is 0 Å². The molecule has 2 aromatic carbocycles. The van der Waals surface area contributed by atoms with Gasteiger partial charge in [0.25, 0.3) is 0 Å². The number of fused-ring (bicyclic) bond motifs is 3. The van der Waals surface area contributed by atoms with Gasteiger partial charge in [-0.2, -0.15) is 0 Å². The van der Waals surface area contributed by atoms with Crippen molar-refractivity contribution in [2.75, 3.05) is 25.1 Å². The predicted octanol–water partition coefficient (Wildman–Crippen LogP) is 5.34. The zero-order valence-corrected chi connectivity index (χ0v) is 19.0. The average Bonchev–Trinajstić information content (AvgIpc) is 3.07. The maximum absolute atomic E-state index is 13.1. The molecule has 2 amide bonds. The molecule has 0 saturated heterocycles. The van der Waals surface area contributed by atoms with Gasteiger partial charge in [0.15, 0.2) is 0 Å². The van der Waals surface area contributed by atoms with E-state index in [1.165, 1.54) is 4.90 Å². The van der Waals surface area contributed by atoms with Crippen molar-refractivity contribution < 1.29 is 19.1 Å². The van der Waals surface area contributed by atoms with Crippen molar-refractivity contribution in [1.82, 2.24) is 9.88 Å². The zero-order chi connectivity index (χ0) is 23.2. The van der Waals surface area contributed by atoms with E-state index in [-0.39, 0.29) is 12.6 Å². The number of hydrogen-bond acceptors (Lipinski definition) is 4. The normalized spacial score (nSPS) is 13.2. The standard InChI is InChI=1S/C26H29N3O4/c1-3-5-16-33-19-12-10-18(11-13-19)27-26(31)29-15-14-21-20-8-6-7-9-23(20)28-24(21)22(17-29)25(30)32-4-2/h6-13,17,28H,3-5,14-16H2,1-2H3,(H,27,31). The van der Waals surface area contributed by atoms with Crippen LogP contribution < -0.4 is 10.1 Å². The number of anilines is 1. The van der Waals surface area contributed by atoms with Crippen LogP contribution in [0, 0.1) is 0 Å². The van der Waals surface area contributed by atoms with Crippen molar-refractivity contribution in [3.05, 3.63) is 66.0 Å². The fraction of sp³-hybridized carbons (Fsp3) is 0.308. The lowest BCUT2D eigenvalue weighted by molar-refractivity contribution is -0.136. The van der Waals surface area contributed by atoms with Gasteiger partial charge in [-0.3, -0.25) is 4.90 Å². The van der Waals surface area contributed by atoms with Gasteiger partial charge in [0, 0.05) is 29.3 Å². The molecule has 1 aromatic heterocycles. The Balaban J connectivity index is 1.55. The van der Waals surface area contributed by atoms with E-state index in [9.17, 15) is 9.59 Å². The van der Waals surface area contributed by atoms with Gasteiger partial charge in [0.1, 0.15) is 5.75 Å². The Kier molecular flexibility index (Phi) is 6.98. The molecule has 3 aromatic rings. The number of esters is 1. The number of nitrogens with one attached hydrogen (secondary N) is 2. The third-order valence-electron chi connectivity index (χ3n) is 5.60. The second-order valence-electron chi connectivity index (χ2n) is 7.89. The van der Waals surface area contributed by atoms with Crippen LogP contribution in [0.5, 0.6) is 5.75 Å². The van der Waals surface area contributed by atoms with Gasteiger partial charge in [-0.05, 0) is 55.7 Å². The molecular formula is C26H29N3O4. The molecule has 0 fully saturated rings. The van der Waals surface area contributed by atoms with E-state index in [4.69, 9.17) is 9.47 Å².